The smallest absolute Gasteiger partial charge is 0.0557 e. The van der Waals surface area contributed by atoms with Crippen LogP contribution in [0.25, 0.3) is 0 Å². The summed E-state index contributed by atoms with van der Waals surface area (Å²) in [7, 11) is -0.143. The molecule has 0 rings (SSSR count). The Morgan fingerprint density at radius 3 is 2.10 bits per heavy atom. The van der Waals surface area contributed by atoms with Crippen LogP contribution in [0.2, 0.25) is 0 Å². The molecule has 1 nitrogen and oxygen atoms in total. The lowest BCUT2D eigenvalue weighted by Gasteiger charge is -2.20. The first-order valence-electron chi connectivity index (χ1n) is 3.80. The van der Waals surface area contributed by atoms with Crippen LogP contribution in [-0.4, -0.2) is 19.4 Å². The van der Waals surface area contributed by atoms with Gasteiger partial charge in [-0.2, -0.15) is 0 Å². The van der Waals surface area contributed by atoms with Crippen LogP contribution in [0.4, 0.5) is 0 Å². The molecule has 0 aliphatic rings. The lowest BCUT2D eigenvalue weighted by atomic mass is 9.99. The maximum atomic E-state index is 5.62. The van der Waals surface area contributed by atoms with Gasteiger partial charge in [0.2, 0.25) is 0 Å². The Kier molecular flexibility index (Phi) is 4.47. The van der Waals surface area contributed by atoms with Gasteiger partial charge in [0.1, 0.15) is 0 Å². The summed E-state index contributed by atoms with van der Waals surface area (Å²) in [6.07, 6.45) is 1.17. The van der Waals surface area contributed by atoms with E-state index in [1.165, 1.54) is 6.16 Å². The molecule has 0 saturated heterocycles. The summed E-state index contributed by atoms with van der Waals surface area (Å²) < 4.78 is 5.62. The van der Waals surface area contributed by atoms with Crippen molar-refractivity contribution in [2.75, 3.05) is 19.4 Å². The minimum Gasteiger partial charge on any atom is -0.359 e. The fourth-order valence-electron chi connectivity index (χ4n) is 0.395. The van der Waals surface area contributed by atoms with Crippen LogP contribution in [0.1, 0.15) is 27.7 Å². The third-order valence-electron chi connectivity index (χ3n) is 1.16. The standard InChI is InChI=1S/C8H19OP/c1-6-10(5)9-7-8(2,3)4/h6-7H2,1-5H3. The van der Waals surface area contributed by atoms with Crippen molar-refractivity contribution in [2.45, 2.75) is 27.7 Å². The van der Waals surface area contributed by atoms with Gasteiger partial charge in [0.15, 0.2) is 0 Å². The number of hydrogen-bond acceptors (Lipinski definition) is 1. The van der Waals surface area contributed by atoms with Crippen LogP contribution in [0.3, 0.4) is 0 Å². The van der Waals surface area contributed by atoms with Crippen LogP contribution in [0.15, 0.2) is 0 Å². The minimum atomic E-state index is -0.143. The Bertz CT molecular complexity index is 85.7. The fraction of sp³-hybridized carbons (Fsp3) is 1.00. The SMILES string of the molecule is CCP(C)OCC(C)(C)C. The lowest BCUT2D eigenvalue weighted by molar-refractivity contribution is 0.217. The molecule has 0 radical (unpaired) electrons. The third kappa shape index (κ3) is 6.51. The predicted molar refractivity (Wildman–Crippen MR) is 48.8 cm³/mol. The van der Waals surface area contributed by atoms with Gasteiger partial charge in [-0.1, -0.05) is 27.7 Å². The van der Waals surface area contributed by atoms with Crippen LogP contribution >= 0.6 is 8.15 Å². The summed E-state index contributed by atoms with van der Waals surface area (Å²) in [6.45, 7) is 11.8. The molecule has 1 atom stereocenters. The van der Waals surface area contributed by atoms with E-state index >= 15 is 0 Å². The van der Waals surface area contributed by atoms with E-state index in [0.29, 0.717) is 5.41 Å². The van der Waals surface area contributed by atoms with Gasteiger partial charge in [-0.05, 0) is 18.2 Å². The Labute approximate surface area is 66.0 Å². The zero-order valence-corrected chi connectivity index (χ0v) is 8.66. The molecule has 0 aromatic rings. The molecule has 0 bridgehead atoms. The Morgan fingerprint density at radius 1 is 1.30 bits per heavy atom. The average Bonchev–Trinajstić information content (AvgIpc) is 1.81. The van der Waals surface area contributed by atoms with E-state index in [4.69, 9.17) is 4.52 Å². The van der Waals surface area contributed by atoms with Crippen molar-refractivity contribution in [3.05, 3.63) is 0 Å². The van der Waals surface area contributed by atoms with E-state index in [9.17, 15) is 0 Å². The second-order valence-electron chi connectivity index (χ2n) is 3.78. The van der Waals surface area contributed by atoms with Crippen molar-refractivity contribution in [2.24, 2.45) is 5.41 Å². The molecular weight excluding hydrogens is 143 g/mol. The molecule has 0 aromatic heterocycles. The summed E-state index contributed by atoms with van der Waals surface area (Å²) in [4.78, 5) is 0. The molecule has 10 heavy (non-hydrogen) atoms. The van der Waals surface area contributed by atoms with Crippen LogP contribution < -0.4 is 0 Å². The third-order valence-corrected chi connectivity index (χ3v) is 2.62. The summed E-state index contributed by atoms with van der Waals surface area (Å²) in [6, 6.07) is 0. The minimum absolute atomic E-state index is 0.143. The molecule has 0 aromatic carbocycles. The van der Waals surface area contributed by atoms with Crippen molar-refractivity contribution in [3.63, 3.8) is 0 Å². The Balaban J connectivity index is 3.36. The van der Waals surface area contributed by atoms with Crippen molar-refractivity contribution in [3.8, 4) is 0 Å². The molecule has 0 spiro atoms. The topological polar surface area (TPSA) is 9.23 Å². The fourth-order valence-corrected chi connectivity index (χ4v) is 1.19. The molecule has 0 aliphatic heterocycles. The molecule has 1 unspecified atom stereocenters. The molecule has 0 amide bonds. The highest BCUT2D eigenvalue weighted by molar-refractivity contribution is 7.51. The molecule has 0 fully saturated rings. The monoisotopic (exact) mass is 162 g/mol. The van der Waals surface area contributed by atoms with Crippen molar-refractivity contribution < 1.29 is 4.52 Å². The largest absolute Gasteiger partial charge is 0.359 e. The predicted octanol–water partition coefficient (Wildman–Crippen LogP) is 3.10. The zero-order chi connectivity index (χ0) is 8.20. The van der Waals surface area contributed by atoms with Gasteiger partial charge >= 0.3 is 0 Å². The first-order chi connectivity index (χ1) is 4.45. The van der Waals surface area contributed by atoms with E-state index in [0.717, 1.165) is 6.61 Å². The number of rotatable bonds is 3. The van der Waals surface area contributed by atoms with Crippen molar-refractivity contribution >= 4 is 8.15 Å². The van der Waals surface area contributed by atoms with Gasteiger partial charge in [-0.25, -0.2) is 0 Å². The summed E-state index contributed by atoms with van der Waals surface area (Å²) in [5.74, 6) is 0. The Hall–Kier alpha value is 0.390. The van der Waals surface area contributed by atoms with E-state index in [-0.39, 0.29) is 8.15 Å². The Morgan fingerprint density at radius 2 is 1.80 bits per heavy atom. The highest BCUT2D eigenvalue weighted by Gasteiger charge is 2.11. The quantitative estimate of drug-likeness (QED) is 0.579. The summed E-state index contributed by atoms with van der Waals surface area (Å²) in [5.41, 5.74) is 0.325. The number of hydrogen-bond donors (Lipinski definition) is 0. The van der Waals surface area contributed by atoms with Crippen LogP contribution in [0.5, 0.6) is 0 Å². The van der Waals surface area contributed by atoms with Gasteiger partial charge < -0.3 is 4.52 Å². The van der Waals surface area contributed by atoms with E-state index in [2.05, 4.69) is 34.4 Å². The van der Waals surface area contributed by atoms with E-state index < -0.39 is 0 Å². The molecule has 62 valence electrons. The van der Waals surface area contributed by atoms with E-state index in [1.54, 1.807) is 0 Å². The van der Waals surface area contributed by atoms with Crippen molar-refractivity contribution in [1.82, 2.24) is 0 Å². The molecular formula is C8H19OP. The maximum absolute atomic E-state index is 5.62. The highest BCUT2D eigenvalue weighted by atomic mass is 31.1. The zero-order valence-electron chi connectivity index (χ0n) is 7.77. The van der Waals surface area contributed by atoms with E-state index in [1.807, 2.05) is 0 Å². The van der Waals surface area contributed by atoms with Gasteiger partial charge in [0.05, 0.1) is 6.61 Å². The average molecular weight is 162 g/mol. The molecule has 0 heterocycles. The van der Waals surface area contributed by atoms with Crippen LogP contribution in [-0.2, 0) is 4.52 Å². The maximum Gasteiger partial charge on any atom is 0.0557 e. The van der Waals surface area contributed by atoms with Gasteiger partial charge in [-0.3, -0.25) is 0 Å². The van der Waals surface area contributed by atoms with Gasteiger partial charge in [0.25, 0.3) is 0 Å². The first kappa shape index (κ1) is 10.4. The van der Waals surface area contributed by atoms with Gasteiger partial charge in [-0.15, -0.1) is 0 Å². The molecule has 2 heteroatoms. The molecule has 0 saturated carbocycles. The lowest BCUT2D eigenvalue weighted by Crippen LogP contribution is -2.12. The normalized spacial score (nSPS) is 15.3. The highest BCUT2D eigenvalue weighted by Crippen LogP contribution is 2.33. The molecule has 0 N–H and O–H groups in total. The molecule has 0 aliphatic carbocycles. The van der Waals surface area contributed by atoms with Crippen LogP contribution in [0, 0.1) is 5.41 Å². The van der Waals surface area contributed by atoms with Crippen molar-refractivity contribution in [1.29, 1.82) is 0 Å². The summed E-state index contributed by atoms with van der Waals surface area (Å²) >= 11 is 0. The second-order valence-corrected chi connectivity index (χ2v) is 5.92. The van der Waals surface area contributed by atoms with Gasteiger partial charge in [0, 0.05) is 8.15 Å². The first-order valence-corrected chi connectivity index (χ1v) is 5.69. The second kappa shape index (κ2) is 4.31. The summed E-state index contributed by atoms with van der Waals surface area (Å²) in [5, 5.41) is 0.